The maximum absolute atomic E-state index is 4.19. The van der Waals surface area contributed by atoms with E-state index in [0.717, 1.165) is 28.3 Å². The van der Waals surface area contributed by atoms with Gasteiger partial charge in [-0.2, -0.15) is 0 Å². The van der Waals surface area contributed by atoms with Crippen LogP contribution in [0, 0.1) is 0 Å². The average Bonchev–Trinajstić information content (AvgIpc) is 2.70. The highest BCUT2D eigenvalue weighted by Crippen LogP contribution is 2.26. The molecule has 6 heteroatoms. The molecule has 0 amide bonds. The van der Waals surface area contributed by atoms with Crippen molar-refractivity contribution < 1.29 is 0 Å². The summed E-state index contributed by atoms with van der Waals surface area (Å²) < 4.78 is 0. The van der Waals surface area contributed by atoms with Crippen LogP contribution in [0.4, 0.5) is 23.1 Å². The number of rotatable bonds is 5. The third-order valence-electron chi connectivity index (χ3n) is 3.76. The first-order chi connectivity index (χ1) is 12.9. The molecule has 126 valence electrons. The molecule has 0 aliphatic heterocycles. The van der Waals surface area contributed by atoms with Crippen LogP contribution in [0.2, 0.25) is 0 Å². The van der Waals surface area contributed by atoms with Gasteiger partial charge in [-0.1, -0.05) is 24.3 Å². The Hall–Kier alpha value is -3.80. The van der Waals surface area contributed by atoms with E-state index >= 15 is 0 Å². The highest BCUT2D eigenvalue weighted by atomic mass is 15.1. The van der Waals surface area contributed by atoms with Crippen LogP contribution < -0.4 is 10.6 Å². The molecule has 0 atom stereocenters. The molecule has 4 rings (SSSR count). The Morgan fingerprint density at radius 2 is 1.46 bits per heavy atom. The van der Waals surface area contributed by atoms with Crippen LogP contribution in [0.15, 0.2) is 85.6 Å². The molecule has 6 nitrogen and oxygen atoms in total. The summed E-state index contributed by atoms with van der Waals surface area (Å²) >= 11 is 0. The molecule has 0 unspecified atom stereocenters. The van der Waals surface area contributed by atoms with Gasteiger partial charge >= 0.3 is 0 Å². The maximum atomic E-state index is 4.19. The second-order valence-electron chi connectivity index (χ2n) is 5.58. The normalized spacial score (nSPS) is 10.3. The summed E-state index contributed by atoms with van der Waals surface area (Å²) in [6.45, 7) is 0. The predicted octanol–water partition coefficient (Wildman–Crippen LogP) is 4.42. The molecule has 0 aliphatic carbocycles. The number of anilines is 4. The Morgan fingerprint density at radius 3 is 2.23 bits per heavy atom. The highest BCUT2D eigenvalue weighted by Gasteiger charge is 2.02. The van der Waals surface area contributed by atoms with E-state index in [9.17, 15) is 0 Å². The first kappa shape index (κ1) is 15.7. The fraction of sp³-hybridized carbons (Fsp3) is 0. The molecule has 0 bridgehead atoms. The van der Waals surface area contributed by atoms with E-state index in [2.05, 4.69) is 54.8 Å². The van der Waals surface area contributed by atoms with Gasteiger partial charge in [0, 0.05) is 30.0 Å². The van der Waals surface area contributed by atoms with Crippen molar-refractivity contribution in [3.63, 3.8) is 0 Å². The maximum Gasteiger partial charge on any atom is 0.227 e. The van der Waals surface area contributed by atoms with Crippen LogP contribution in [-0.2, 0) is 0 Å². The average molecular weight is 340 g/mol. The van der Waals surface area contributed by atoms with Crippen LogP contribution in [0.3, 0.4) is 0 Å². The summed E-state index contributed by atoms with van der Waals surface area (Å²) in [5, 5.41) is 6.46. The Morgan fingerprint density at radius 1 is 0.615 bits per heavy atom. The number of aromatic nitrogens is 4. The quantitative estimate of drug-likeness (QED) is 0.560. The zero-order valence-corrected chi connectivity index (χ0v) is 13.9. The predicted molar refractivity (Wildman–Crippen MR) is 103 cm³/mol. The summed E-state index contributed by atoms with van der Waals surface area (Å²) in [5.41, 5.74) is 4.15. The first-order valence-corrected chi connectivity index (χ1v) is 8.14. The SMILES string of the molecule is c1cnc(Nc2ccc(-c3cccc(Nc4ccncn4)c3)cc2)nc1. The van der Waals surface area contributed by atoms with E-state index in [1.54, 1.807) is 24.7 Å². The molecule has 2 heterocycles. The molecular formula is C20H16N6. The van der Waals surface area contributed by atoms with E-state index in [1.165, 1.54) is 6.33 Å². The van der Waals surface area contributed by atoms with Crippen LogP contribution in [-0.4, -0.2) is 19.9 Å². The lowest BCUT2D eigenvalue weighted by Crippen LogP contribution is -1.95. The summed E-state index contributed by atoms with van der Waals surface area (Å²) in [6.07, 6.45) is 6.65. The lowest BCUT2D eigenvalue weighted by atomic mass is 10.0. The van der Waals surface area contributed by atoms with Gasteiger partial charge in [-0.05, 0) is 47.5 Å². The molecule has 0 radical (unpaired) electrons. The van der Waals surface area contributed by atoms with Gasteiger partial charge in [-0.25, -0.2) is 19.9 Å². The van der Waals surface area contributed by atoms with Crippen molar-refractivity contribution in [3.05, 3.63) is 85.6 Å². The number of nitrogens with one attached hydrogen (secondary N) is 2. The highest BCUT2D eigenvalue weighted by molar-refractivity contribution is 5.71. The Kier molecular flexibility index (Phi) is 4.47. The molecule has 2 N–H and O–H groups in total. The van der Waals surface area contributed by atoms with E-state index in [1.807, 2.05) is 30.3 Å². The monoisotopic (exact) mass is 340 g/mol. The molecular weight excluding hydrogens is 324 g/mol. The van der Waals surface area contributed by atoms with Crippen LogP contribution in [0.1, 0.15) is 0 Å². The molecule has 0 saturated carbocycles. The van der Waals surface area contributed by atoms with Crippen molar-refractivity contribution in [2.24, 2.45) is 0 Å². The minimum absolute atomic E-state index is 0.580. The third kappa shape index (κ3) is 3.81. The molecule has 2 aromatic carbocycles. The Balaban J connectivity index is 1.51. The molecule has 0 aliphatic rings. The zero-order chi connectivity index (χ0) is 17.6. The summed E-state index contributed by atoms with van der Waals surface area (Å²) in [6, 6.07) is 20.0. The van der Waals surface area contributed by atoms with Gasteiger partial charge < -0.3 is 10.6 Å². The van der Waals surface area contributed by atoms with Gasteiger partial charge in [-0.3, -0.25) is 0 Å². The topological polar surface area (TPSA) is 75.6 Å². The van der Waals surface area contributed by atoms with E-state index in [0.29, 0.717) is 5.95 Å². The van der Waals surface area contributed by atoms with Gasteiger partial charge in [-0.15, -0.1) is 0 Å². The third-order valence-corrected chi connectivity index (χ3v) is 3.76. The van der Waals surface area contributed by atoms with Crippen LogP contribution in [0.25, 0.3) is 11.1 Å². The first-order valence-electron chi connectivity index (χ1n) is 8.14. The summed E-state index contributed by atoms with van der Waals surface area (Å²) in [7, 11) is 0. The van der Waals surface area contributed by atoms with Crippen molar-refractivity contribution in [1.29, 1.82) is 0 Å². The lowest BCUT2D eigenvalue weighted by molar-refractivity contribution is 1.17. The molecule has 4 aromatic rings. The van der Waals surface area contributed by atoms with Crippen molar-refractivity contribution in [3.8, 4) is 11.1 Å². The van der Waals surface area contributed by atoms with Gasteiger partial charge in [0.2, 0.25) is 5.95 Å². The van der Waals surface area contributed by atoms with Crippen molar-refractivity contribution in [1.82, 2.24) is 19.9 Å². The van der Waals surface area contributed by atoms with Crippen LogP contribution >= 0.6 is 0 Å². The van der Waals surface area contributed by atoms with Crippen molar-refractivity contribution in [2.75, 3.05) is 10.6 Å². The van der Waals surface area contributed by atoms with E-state index in [-0.39, 0.29) is 0 Å². The minimum Gasteiger partial charge on any atom is -0.340 e. The number of hydrogen-bond donors (Lipinski definition) is 2. The fourth-order valence-corrected chi connectivity index (χ4v) is 2.53. The van der Waals surface area contributed by atoms with Crippen molar-refractivity contribution >= 4 is 23.1 Å². The van der Waals surface area contributed by atoms with Crippen molar-refractivity contribution in [2.45, 2.75) is 0 Å². The number of benzene rings is 2. The second kappa shape index (κ2) is 7.40. The zero-order valence-electron chi connectivity index (χ0n) is 13.9. The lowest BCUT2D eigenvalue weighted by Gasteiger charge is -2.09. The Labute approximate surface area is 151 Å². The summed E-state index contributed by atoms with van der Waals surface area (Å²) in [5.74, 6) is 1.34. The smallest absolute Gasteiger partial charge is 0.227 e. The molecule has 0 fully saturated rings. The molecule has 0 spiro atoms. The largest absolute Gasteiger partial charge is 0.340 e. The molecule has 26 heavy (non-hydrogen) atoms. The van der Waals surface area contributed by atoms with E-state index in [4.69, 9.17) is 0 Å². The standard InChI is InChI=1S/C20H16N6/c1-3-16(13-18(4-1)25-19-9-12-21-14-24-19)15-5-7-17(8-6-15)26-20-22-10-2-11-23-20/h1-14H,(H,21,24,25)(H,22,23,26). The number of hydrogen-bond acceptors (Lipinski definition) is 6. The second-order valence-corrected chi connectivity index (χ2v) is 5.58. The number of nitrogens with zero attached hydrogens (tertiary/aromatic N) is 4. The Bertz CT molecular complexity index is 972. The molecule has 2 aromatic heterocycles. The van der Waals surface area contributed by atoms with Crippen LogP contribution in [0.5, 0.6) is 0 Å². The fourth-order valence-electron chi connectivity index (χ4n) is 2.53. The minimum atomic E-state index is 0.580. The summed E-state index contributed by atoms with van der Waals surface area (Å²) in [4.78, 5) is 16.4. The molecule has 0 saturated heterocycles. The van der Waals surface area contributed by atoms with Gasteiger partial charge in [0.25, 0.3) is 0 Å². The van der Waals surface area contributed by atoms with Gasteiger partial charge in [0.1, 0.15) is 12.1 Å². The van der Waals surface area contributed by atoms with E-state index < -0.39 is 0 Å². The van der Waals surface area contributed by atoms with Gasteiger partial charge in [0.15, 0.2) is 0 Å². The van der Waals surface area contributed by atoms with Gasteiger partial charge in [0.05, 0.1) is 0 Å².